The highest BCUT2D eigenvalue weighted by Gasteiger charge is 2.13. The Morgan fingerprint density at radius 3 is 2.68 bits per heavy atom. The molecule has 0 amide bonds. The maximum absolute atomic E-state index is 13.2. The zero-order valence-corrected chi connectivity index (χ0v) is 18.7. The Morgan fingerprint density at radius 1 is 1.21 bits per heavy atom. The van der Waals surface area contributed by atoms with Crippen LogP contribution in [0.15, 0.2) is 34.8 Å². The van der Waals surface area contributed by atoms with Crippen LogP contribution in [0.1, 0.15) is 31.4 Å². The van der Waals surface area contributed by atoms with Crippen LogP contribution in [0, 0.1) is 5.82 Å². The Balaban J connectivity index is 1.94. The van der Waals surface area contributed by atoms with E-state index in [0.29, 0.717) is 28.6 Å². The van der Waals surface area contributed by atoms with Gasteiger partial charge in [0.1, 0.15) is 12.4 Å². The fourth-order valence-corrected chi connectivity index (χ4v) is 3.38. The summed E-state index contributed by atoms with van der Waals surface area (Å²) >= 11 is 9.61. The van der Waals surface area contributed by atoms with Crippen LogP contribution in [0.5, 0.6) is 11.5 Å². The molecule has 154 valence electrons. The number of methoxy groups -OCH3 is 1. The predicted octanol–water partition coefficient (Wildman–Crippen LogP) is 5.73. The summed E-state index contributed by atoms with van der Waals surface area (Å²) in [5.41, 5.74) is 1.77. The first kappa shape index (κ1) is 22.9. The molecule has 0 radical (unpaired) electrons. The van der Waals surface area contributed by atoms with Gasteiger partial charge in [0.05, 0.1) is 22.7 Å². The summed E-state index contributed by atoms with van der Waals surface area (Å²) in [6.07, 6.45) is 1.22. The lowest BCUT2D eigenvalue weighted by Gasteiger charge is -2.15. The first-order chi connectivity index (χ1) is 13.4. The molecule has 0 fully saturated rings. The van der Waals surface area contributed by atoms with Gasteiger partial charge < -0.3 is 19.5 Å². The standard InChI is InChI=1S/C21H26BrClFNO3/c1-14(2)27-8-4-7-25-12-15-9-18(22)21(20(10-15)26-3)28-13-16-5-6-17(24)11-19(16)23/h5-6,9-11,14,25H,4,7-8,12-13H2,1-3H3. The summed E-state index contributed by atoms with van der Waals surface area (Å²) in [4.78, 5) is 0. The average Bonchev–Trinajstić information content (AvgIpc) is 2.64. The van der Waals surface area contributed by atoms with Gasteiger partial charge in [-0.3, -0.25) is 0 Å². The topological polar surface area (TPSA) is 39.7 Å². The Morgan fingerprint density at radius 2 is 2.00 bits per heavy atom. The fraction of sp³-hybridized carbons (Fsp3) is 0.429. The molecule has 0 atom stereocenters. The van der Waals surface area contributed by atoms with Crippen LogP contribution in [0.25, 0.3) is 0 Å². The van der Waals surface area contributed by atoms with Crippen LogP contribution < -0.4 is 14.8 Å². The van der Waals surface area contributed by atoms with Crippen molar-refractivity contribution >= 4 is 27.5 Å². The molecule has 0 aliphatic heterocycles. The van der Waals surface area contributed by atoms with Crippen LogP contribution >= 0.6 is 27.5 Å². The largest absolute Gasteiger partial charge is 0.493 e. The summed E-state index contributed by atoms with van der Waals surface area (Å²) < 4.78 is 30.9. The SMILES string of the molecule is COc1cc(CNCCCOC(C)C)cc(Br)c1OCc1ccc(F)cc1Cl. The summed E-state index contributed by atoms with van der Waals surface area (Å²) in [5, 5.41) is 3.72. The lowest BCUT2D eigenvalue weighted by atomic mass is 10.2. The highest BCUT2D eigenvalue weighted by Crippen LogP contribution is 2.37. The van der Waals surface area contributed by atoms with Crippen LogP contribution in [-0.2, 0) is 17.9 Å². The molecule has 0 saturated carbocycles. The zero-order valence-electron chi connectivity index (χ0n) is 16.4. The molecule has 1 N–H and O–H groups in total. The van der Waals surface area contributed by atoms with Gasteiger partial charge in [0.25, 0.3) is 0 Å². The van der Waals surface area contributed by atoms with E-state index in [4.69, 9.17) is 25.8 Å². The van der Waals surface area contributed by atoms with Crippen molar-refractivity contribution in [1.82, 2.24) is 5.32 Å². The van der Waals surface area contributed by atoms with Gasteiger partial charge in [0.2, 0.25) is 0 Å². The van der Waals surface area contributed by atoms with Gasteiger partial charge in [0, 0.05) is 18.7 Å². The Bertz CT molecular complexity index is 774. The van der Waals surface area contributed by atoms with Crippen molar-refractivity contribution in [2.24, 2.45) is 0 Å². The van der Waals surface area contributed by atoms with E-state index < -0.39 is 0 Å². The maximum atomic E-state index is 13.2. The van der Waals surface area contributed by atoms with Crippen LogP contribution in [0.3, 0.4) is 0 Å². The smallest absolute Gasteiger partial charge is 0.175 e. The van der Waals surface area contributed by atoms with Crippen molar-refractivity contribution < 1.29 is 18.6 Å². The van der Waals surface area contributed by atoms with E-state index in [1.165, 1.54) is 12.1 Å². The Kier molecular flexibility index (Phi) is 9.51. The number of rotatable bonds is 11. The van der Waals surface area contributed by atoms with E-state index in [0.717, 1.165) is 29.6 Å². The lowest BCUT2D eigenvalue weighted by Crippen LogP contribution is -2.17. The zero-order chi connectivity index (χ0) is 20.5. The van der Waals surface area contributed by atoms with Crippen molar-refractivity contribution in [3.05, 3.63) is 56.8 Å². The number of benzene rings is 2. The second-order valence-electron chi connectivity index (χ2n) is 6.58. The van der Waals surface area contributed by atoms with Crippen molar-refractivity contribution in [3.63, 3.8) is 0 Å². The molecule has 0 aliphatic rings. The molecule has 28 heavy (non-hydrogen) atoms. The summed E-state index contributed by atoms with van der Waals surface area (Å²) in [6.45, 7) is 6.60. The van der Waals surface area contributed by atoms with Gasteiger partial charge in [-0.1, -0.05) is 17.7 Å². The number of hydrogen-bond donors (Lipinski definition) is 1. The van der Waals surface area contributed by atoms with Gasteiger partial charge in [-0.25, -0.2) is 4.39 Å². The van der Waals surface area contributed by atoms with Crippen molar-refractivity contribution in [2.45, 2.75) is 39.5 Å². The number of nitrogens with one attached hydrogen (secondary N) is 1. The van der Waals surface area contributed by atoms with Crippen LogP contribution in [0.4, 0.5) is 4.39 Å². The van der Waals surface area contributed by atoms with Gasteiger partial charge in [-0.15, -0.1) is 0 Å². The molecule has 2 aromatic rings. The van der Waals surface area contributed by atoms with Gasteiger partial charge >= 0.3 is 0 Å². The van der Waals surface area contributed by atoms with Gasteiger partial charge in [-0.2, -0.15) is 0 Å². The minimum Gasteiger partial charge on any atom is -0.493 e. The number of halogens is 3. The van der Waals surface area contributed by atoms with E-state index in [2.05, 4.69) is 21.2 Å². The van der Waals surface area contributed by atoms with Crippen molar-refractivity contribution in [2.75, 3.05) is 20.3 Å². The van der Waals surface area contributed by atoms with Crippen LogP contribution in [-0.4, -0.2) is 26.4 Å². The molecule has 0 aliphatic carbocycles. The minimum absolute atomic E-state index is 0.210. The number of hydrogen-bond acceptors (Lipinski definition) is 4. The van der Waals surface area contributed by atoms with E-state index >= 15 is 0 Å². The van der Waals surface area contributed by atoms with E-state index in [1.807, 2.05) is 26.0 Å². The van der Waals surface area contributed by atoms with E-state index in [9.17, 15) is 4.39 Å². The maximum Gasteiger partial charge on any atom is 0.175 e. The normalized spacial score (nSPS) is 11.1. The lowest BCUT2D eigenvalue weighted by molar-refractivity contribution is 0.0770. The molecule has 7 heteroatoms. The summed E-state index contributed by atoms with van der Waals surface area (Å²) in [7, 11) is 1.60. The molecule has 0 bridgehead atoms. The molecule has 0 saturated heterocycles. The molecular weight excluding hydrogens is 449 g/mol. The third-order valence-electron chi connectivity index (χ3n) is 3.95. The minimum atomic E-state index is -0.375. The van der Waals surface area contributed by atoms with E-state index in [1.54, 1.807) is 13.2 Å². The van der Waals surface area contributed by atoms with Crippen molar-refractivity contribution in [3.8, 4) is 11.5 Å². The molecule has 0 heterocycles. The highest BCUT2D eigenvalue weighted by atomic mass is 79.9. The molecule has 2 rings (SSSR count). The molecule has 2 aromatic carbocycles. The first-order valence-electron chi connectivity index (χ1n) is 9.16. The molecular formula is C21H26BrClFNO3. The monoisotopic (exact) mass is 473 g/mol. The summed E-state index contributed by atoms with van der Waals surface area (Å²) in [6, 6.07) is 8.16. The fourth-order valence-electron chi connectivity index (χ4n) is 2.55. The Labute approximate surface area is 179 Å². The highest BCUT2D eigenvalue weighted by molar-refractivity contribution is 9.10. The third-order valence-corrected chi connectivity index (χ3v) is 4.90. The first-order valence-corrected chi connectivity index (χ1v) is 10.3. The van der Waals surface area contributed by atoms with E-state index in [-0.39, 0.29) is 18.5 Å². The molecule has 0 unspecified atom stereocenters. The van der Waals surface area contributed by atoms with Crippen LogP contribution in [0.2, 0.25) is 5.02 Å². The predicted molar refractivity (Wildman–Crippen MR) is 114 cm³/mol. The third kappa shape index (κ3) is 7.24. The van der Waals surface area contributed by atoms with Crippen molar-refractivity contribution in [1.29, 1.82) is 0 Å². The second-order valence-corrected chi connectivity index (χ2v) is 7.84. The Hall–Kier alpha value is -1.34. The number of ether oxygens (including phenoxy) is 3. The average molecular weight is 475 g/mol. The second kappa shape index (κ2) is 11.6. The van der Waals surface area contributed by atoms with Gasteiger partial charge in [0.15, 0.2) is 11.5 Å². The molecule has 0 aromatic heterocycles. The molecule has 0 spiro atoms. The quantitative estimate of drug-likeness (QED) is 0.422. The summed E-state index contributed by atoms with van der Waals surface area (Å²) in [5.74, 6) is 0.824. The molecule has 4 nitrogen and oxygen atoms in total. The van der Waals surface area contributed by atoms with Gasteiger partial charge in [-0.05, 0) is 72.6 Å².